The number of Topliss-reactive ketones (excluding diaryl/α,β-unsaturated/α-hetero) is 1. The van der Waals surface area contributed by atoms with Gasteiger partial charge in [0, 0.05) is 18.6 Å². The highest BCUT2D eigenvalue weighted by Gasteiger charge is 2.17. The predicted molar refractivity (Wildman–Crippen MR) is 102 cm³/mol. The van der Waals surface area contributed by atoms with Crippen molar-refractivity contribution in [3.8, 4) is 11.3 Å². The quantitative estimate of drug-likeness (QED) is 0.521. The molecule has 0 bridgehead atoms. The molecule has 130 valence electrons. The van der Waals surface area contributed by atoms with Crippen LogP contribution in [0.2, 0.25) is 0 Å². The number of aromatic nitrogens is 1. The molecule has 0 unspecified atom stereocenters. The van der Waals surface area contributed by atoms with Crippen molar-refractivity contribution in [3.63, 3.8) is 0 Å². The monoisotopic (exact) mass is 366 g/mol. The van der Waals surface area contributed by atoms with Gasteiger partial charge in [-0.2, -0.15) is 0 Å². The van der Waals surface area contributed by atoms with Crippen LogP contribution in [0.25, 0.3) is 17.3 Å². The minimum absolute atomic E-state index is 0.114. The van der Waals surface area contributed by atoms with Gasteiger partial charge in [0.1, 0.15) is 5.82 Å². The molecule has 3 aromatic rings. The van der Waals surface area contributed by atoms with Crippen molar-refractivity contribution in [2.45, 2.75) is 6.92 Å². The number of halogens is 1. The van der Waals surface area contributed by atoms with Crippen LogP contribution < -0.4 is 5.32 Å². The predicted octanol–water partition coefficient (Wildman–Crippen LogP) is 4.80. The maximum absolute atomic E-state index is 13.1. The Morgan fingerprint density at radius 2 is 1.88 bits per heavy atom. The van der Waals surface area contributed by atoms with Crippen LogP contribution in [0, 0.1) is 5.82 Å². The summed E-state index contributed by atoms with van der Waals surface area (Å²) in [5.41, 5.74) is 1.94. The minimum atomic E-state index is -0.405. The summed E-state index contributed by atoms with van der Waals surface area (Å²) in [7, 11) is 0. The lowest BCUT2D eigenvalue weighted by atomic mass is 10.1. The average molecular weight is 366 g/mol. The number of ketones is 1. The Hall–Kier alpha value is -3.12. The molecule has 6 heteroatoms. The molecular weight excluding hydrogens is 351 g/mol. The number of hydrogen-bond donors (Lipinski definition) is 1. The fraction of sp³-hybridized carbons (Fsp3) is 0.0500. The zero-order valence-corrected chi connectivity index (χ0v) is 14.7. The van der Waals surface area contributed by atoms with Gasteiger partial charge in [0.2, 0.25) is 5.91 Å². The molecule has 0 spiro atoms. The Morgan fingerprint density at radius 3 is 2.58 bits per heavy atom. The third kappa shape index (κ3) is 4.29. The number of hydrogen-bond acceptors (Lipinski definition) is 4. The van der Waals surface area contributed by atoms with Gasteiger partial charge in [-0.3, -0.25) is 14.9 Å². The molecule has 2 aromatic carbocycles. The van der Waals surface area contributed by atoms with Gasteiger partial charge in [-0.1, -0.05) is 53.8 Å². The molecule has 1 aromatic heterocycles. The van der Waals surface area contributed by atoms with Gasteiger partial charge < -0.3 is 0 Å². The van der Waals surface area contributed by atoms with Gasteiger partial charge in [0.05, 0.1) is 10.6 Å². The smallest absolute Gasteiger partial charge is 0.250 e. The van der Waals surface area contributed by atoms with Crippen LogP contribution in [-0.2, 0) is 4.79 Å². The fourth-order valence-corrected chi connectivity index (χ4v) is 3.22. The zero-order valence-electron chi connectivity index (χ0n) is 13.9. The number of amides is 1. The van der Waals surface area contributed by atoms with Gasteiger partial charge in [0.25, 0.3) is 0 Å². The van der Waals surface area contributed by atoms with E-state index in [1.165, 1.54) is 31.2 Å². The molecule has 3 rings (SSSR count). The molecule has 26 heavy (non-hydrogen) atoms. The molecule has 0 fully saturated rings. The first kappa shape index (κ1) is 17.7. The van der Waals surface area contributed by atoms with E-state index in [2.05, 4.69) is 10.3 Å². The van der Waals surface area contributed by atoms with E-state index in [9.17, 15) is 14.0 Å². The number of nitrogens with zero attached hydrogens (tertiary/aromatic N) is 1. The lowest BCUT2D eigenvalue weighted by Crippen LogP contribution is -2.07. The standard InChI is InChI=1S/C20H15FN2O2S/c1-13(24)19-18(15-7-3-2-4-8-15)23-20(26-19)22-17(25)11-10-14-6-5-9-16(21)12-14/h2-12H,1H3,(H,22,23,25)/b11-10+. The Labute approximate surface area is 154 Å². The summed E-state index contributed by atoms with van der Waals surface area (Å²) >= 11 is 1.13. The van der Waals surface area contributed by atoms with Crippen LogP contribution >= 0.6 is 11.3 Å². The maximum atomic E-state index is 13.1. The van der Waals surface area contributed by atoms with Crippen molar-refractivity contribution in [1.29, 1.82) is 0 Å². The van der Waals surface area contributed by atoms with E-state index in [0.717, 1.165) is 16.9 Å². The molecular formula is C20H15FN2O2S. The minimum Gasteiger partial charge on any atom is -0.298 e. The van der Waals surface area contributed by atoms with E-state index in [1.54, 1.807) is 12.1 Å². The molecule has 0 aliphatic carbocycles. The first-order valence-corrected chi connectivity index (χ1v) is 8.66. The lowest BCUT2D eigenvalue weighted by Gasteiger charge is -1.98. The van der Waals surface area contributed by atoms with Gasteiger partial charge >= 0.3 is 0 Å². The SMILES string of the molecule is CC(=O)c1sc(NC(=O)/C=C/c2cccc(F)c2)nc1-c1ccccc1. The zero-order chi connectivity index (χ0) is 18.5. The first-order chi connectivity index (χ1) is 12.5. The number of benzene rings is 2. The van der Waals surface area contributed by atoms with Crippen LogP contribution in [-0.4, -0.2) is 16.7 Å². The highest BCUT2D eigenvalue weighted by atomic mass is 32.1. The van der Waals surface area contributed by atoms with E-state index >= 15 is 0 Å². The summed E-state index contributed by atoms with van der Waals surface area (Å²) in [5, 5.41) is 2.98. The van der Waals surface area contributed by atoms with Crippen molar-refractivity contribution in [2.24, 2.45) is 0 Å². The largest absolute Gasteiger partial charge is 0.298 e. The summed E-state index contributed by atoms with van der Waals surface area (Å²) in [4.78, 5) is 28.8. The normalized spacial score (nSPS) is 10.8. The number of anilines is 1. The van der Waals surface area contributed by atoms with Gasteiger partial charge in [-0.15, -0.1) is 0 Å². The molecule has 0 saturated carbocycles. The Morgan fingerprint density at radius 1 is 1.12 bits per heavy atom. The molecule has 0 aliphatic rings. The molecule has 1 heterocycles. The second kappa shape index (κ2) is 7.84. The van der Waals surface area contributed by atoms with Crippen LogP contribution in [0.5, 0.6) is 0 Å². The van der Waals surface area contributed by atoms with Crippen LogP contribution in [0.15, 0.2) is 60.7 Å². The second-order valence-electron chi connectivity index (χ2n) is 5.50. The lowest BCUT2D eigenvalue weighted by molar-refractivity contribution is -0.111. The topological polar surface area (TPSA) is 59.1 Å². The fourth-order valence-electron chi connectivity index (χ4n) is 2.33. The van der Waals surface area contributed by atoms with Crippen LogP contribution in [0.3, 0.4) is 0 Å². The van der Waals surface area contributed by atoms with E-state index < -0.39 is 5.91 Å². The van der Waals surface area contributed by atoms with Gasteiger partial charge in [-0.05, 0) is 23.8 Å². The number of rotatable bonds is 5. The average Bonchev–Trinajstić information content (AvgIpc) is 3.05. The van der Waals surface area contributed by atoms with Crippen molar-refractivity contribution >= 4 is 34.2 Å². The number of carbonyl (C=O) groups is 2. The molecule has 0 aliphatic heterocycles. The third-order valence-corrected chi connectivity index (χ3v) is 4.57. The third-order valence-electron chi connectivity index (χ3n) is 3.50. The number of carbonyl (C=O) groups excluding carboxylic acids is 2. The first-order valence-electron chi connectivity index (χ1n) is 7.85. The van der Waals surface area contributed by atoms with Crippen molar-refractivity contribution in [1.82, 2.24) is 4.98 Å². The highest BCUT2D eigenvalue weighted by Crippen LogP contribution is 2.31. The second-order valence-corrected chi connectivity index (χ2v) is 6.50. The van der Waals surface area contributed by atoms with Crippen molar-refractivity contribution < 1.29 is 14.0 Å². The van der Waals surface area contributed by atoms with Gasteiger partial charge in [-0.25, -0.2) is 9.37 Å². The summed E-state index contributed by atoms with van der Waals surface area (Å²) in [6.45, 7) is 1.47. The summed E-state index contributed by atoms with van der Waals surface area (Å²) < 4.78 is 13.1. The molecule has 4 nitrogen and oxygen atoms in total. The Kier molecular flexibility index (Phi) is 5.34. The Balaban J connectivity index is 1.79. The van der Waals surface area contributed by atoms with Crippen molar-refractivity contribution in [3.05, 3.63) is 76.9 Å². The van der Waals surface area contributed by atoms with Crippen molar-refractivity contribution in [2.75, 3.05) is 5.32 Å². The number of thiazole rings is 1. The Bertz CT molecular complexity index is 980. The van der Waals surface area contributed by atoms with Gasteiger partial charge in [0.15, 0.2) is 10.9 Å². The maximum Gasteiger partial charge on any atom is 0.250 e. The summed E-state index contributed by atoms with van der Waals surface area (Å²) in [5.74, 6) is -0.888. The van der Waals surface area contributed by atoms with Crippen LogP contribution in [0.4, 0.5) is 9.52 Å². The number of nitrogens with one attached hydrogen (secondary N) is 1. The van der Waals surface area contributed by atoms with E-state index in [0.29, 0.717) is 21.3 Å². The molecule has 0 radical (unpaired) electrons. The van der Waals surface area contributed by atoms with E-state index in [1.807, 2.05) is 30.3 Å². The summed E-state index contributed by atoms with van der Waals surface area (Å²) in [6.07, 6.45) is 2.81. The highest BCUT2D eigenvalue weighted by molar-refractivity contribution is 7.18. The van der Waals surface area contributed by atoms with Crippen LogP contribution in [0.1, 0.15) is 22.2 Å². The molecule has 0 atom stereocenters. The van der Waals surface area contributed by atoms with E-state index in [-0.39, 0.29) is 11.6 Å². The molecule has 1 amide bonds. The molecule has 1 N–H and O–H groups in total. The van der Waals surface area contributed by atoms with E-state index in [4.69, 9.17) is 0 Å². The molecule has 0 saturated heterocycles. The summed E-state index contributed by atoms with van der Waals surface area (Å²) in [6, 6.07) is 15.2.